The Labute approximate surface area is 144 Å². The summed E-state index contributed by atoms with van der Waals surface area (Å²) in [5, 5.41) is 13.8. The maximum atomic E-state index is 11.9. The molecule has 25 heavy (non-hydrogen) atoms. The number of aromatic nitrogens is 2. The highest BCUT2D eigenvalue weighted by atomic mass is 16.5. The van der Waals surface area contributed by atoms with Crippen molar-refractivity contribution in [1.82, 2.24) is 15.3 Å². The van der Waals surface area contributed by atoms with E-state index in [9.17, 15) is 9.90 Å². The molecule has 0 radical (unpaired) electrons. The van der Waals surface area contributed by atoms with Crippen LogP contribution in [-0.4, -0.2) is 33.6 Å². The second-order valence-electron chi connectivity index (χ2n) is 5.66. The van der Waals surface area contributed by atoms with Crippen LogP contribution in [0.25, 0.3) is 10.8 Å². The zero-order valence-electron chi connectivity index (χ0n) is 13.8. The highest BCUT2D eigenvalue weighted by Crippen LogP contribution is 2.25. The second kappa shape index (κ2) is 7.76. The summed E-state index contributed by atoms with van der Waals surface area (Å²) in [6.45, 7) is 2.16. The SMILES string of the molecule is C[C@H](O)CCNC(=O)c1coc(COc2cccc3cnccc23)n1. The van der Waals surface area contributed by atoms with E-state index in [-0.39, 0.29) is 18.2 Å². The number of hydrogen-bond acceptors (Lipinski definition) is 6. The number of ether oxygens (including phenoxy) is 1. The van der Waals surface area contributed by atoms with Gasteiger partial charge in [-0.25, -0.2) is 4.98 Å². The van der Waals surface area contributed by atoms with Gasteiger partial charge in [-0.2, -0.15) is 0 Å². The Hall–Kier alpha value is -2.93. The predicted molar refractivity (Wildman–Crippen MR) is 91.2 cm³/mol. The number of benzene rings is 1. The Morgan fingerprint density at radius 3 is 3.12 bits per heavy atom. The molecule has 7 nitrogen and oxygen atoms in total. The summed E-state index contributed by atoms with van der Waals surface area (Å²) in [4.78, 5) is 20.1. The minimum atomic E-state index is -0.461. The first-order chi connectivity index (χ1) is 12.1. The molecule has 3 rings (SSSR count). The Morgan fingerprint density at radius 2 is 2.28 bits per heavy atom. The van der Waals surface area contributed by atoms with Gasteiger partial charge in [-0.3, -0.25) is 9.78 Å². The molecule has 0 aliphatic carbocycles. The molecule has 0 aliphatic rings. The highest BCUT2D eigenvalue weighted by Gasteiger charge is 2.13. The molecule has 0 spiro atoms. The number of amides is 1. The average molecular weight is 341 g/mol. The number of nitrogens with one attached hydrogen (secondary N) is 1. The van der Waals surface area contributed by atoms with Gasteiger partial charge in [-0.15, -0.1) is 0 Å². The van der Waals surface area contributed by atoms with Crippen LogP contribution in [0.3, 0.4) is 0 Å². The summed E-state index contributed by atoms with van der Waals surface area (Å²) in [6, 6.07) is 7.57. The average Bonchev–Trinajstić information content (AvgIpc) is 3.08. The van der Waals surface area contributed by atoms with Crippen LogP contribution in [0.5, 0.6) is 5.75 Å². The van der Waals surface area contributed by atoms with E-state index in [0.29, 0.717) is 24.6 Å². The van der Waals surface area contributed by atoms with Crippen LogP contribution < -0.4 is 10.1 Å². The third-order valence-corrected chi connectivity index (χ3v) is 3.62. The minimum absolute atomic E-state index is 0.113. The summed E-state index contributed by atoms with van der Waals surface area (Å²) in [6.07, 6.45) is 4.79. The van der Waals surface area contributed by atoms with Crippen molar-refractivity contribution in [3.05, 3.63) is 54.5 Å². The molecule has 1 atom stereocenters. The number of pyridine rings is 1. The van der Waals surface area contributed by atoms with E-state index >= 15 is 0 Å². The van der Waals surface area contributed by atoms with Gasteiger partial charge in [0, 0.05) is 29.7 Å². The van der Waals surface area contributed by atoms with Crippen molar-refractivity contribution in [3.63, 3.8) is 0 Å². The largest absolute Gasteiger partial charge is 0.483 e. The summed E-state index contributed by atoms with van der Waals surface area (Å²) in [5.41, 5.74) is 0.186. The van der Waals surface area contributed by atoms with Gasteiger partial charge in [0.2, 0.25) is 5.89 Å². The molecular formula is C18H19N3O4. The third kappa shape index (κ3) is 4.33. The van der Waals surface area contributed by atoms with Crippen molar-refractivity contribution in [3.8, 4) is 5.75 Å². The van der Waals surface area contributed by atoms with Gasteiger partial charge in [0.05, 0.1) is 6.10 Å². The number of hydrogen-bond donors (Lipinski definition) is 2. The summed E-state index contributed by atoms with van der Waals surface area (Å²) >= 11 is 0. The lowest BCUT2D eigenvalue weighted by Crippen LogP contribution is -2.26. The van der Waals surface area contributed by atoms with Crippen molar-refractivity contribution in [2.75, 3.05) is 6.54 Å². The number of rotatable bonds is 7. The number of nitrogens with zero attached hydrogens (tertiary/aromatic N) is 2. The minimum Gasteiger partial charge on any atom is -0.483 e. The Morgan fingerprint density at radius 1 is 1.40 bits per heavy atom. The van der Waals surface area contributed by atoms with Gasteiger partial charge < -0.3 is 19.6 Å². The molecule has 130 valence electrons. The first-order valence-electron chi connectivity index (χ1n) is 7.99. The molecule has 7 heteroatoms. The van der Waals surface area contributed by atoms with Crippen LogP contribution in [-0.2, 0) is 6.61 Å². The van der Waals surface area contributed by atoms with Crippen molar-refractivity contribution < 1.29 is 19.1 Å². The first-order valence-corrected chi connectivity index (χ1v) is 7.99. The van der Waals surface area contributed by atoms with Crippen LogP contribution >= 0.6 is 0 Å². The van der Waals surface area contributed by atoms with Gasteiger partial charge in [-0.05, 0) is 25.5 Å². The van der Waals surface area contributed by atoms with Gasteiger partial charge in [0.15, 0.2) is 12.3 Å². The second-order valence-corrected chi connectivity index (χ2v) is 5.66. The zero-order valence-corrected chi connectivity index (χ0v) is 13.8. The molecule has 0 saturated heterocycles. The van der Waals surface area contributed by atoms with E-state index in [2.05, 4.69) is 15.3 Å². The smallest absolute Gasteiger partial charge is 0.273 e. The van der Waals surface area contributed by atoms with Crippen LogP contribution in [0.4, 0.5) is 0 Å². The molecule has 0 aliphatic heterocycles. The van der Waals surface area contributed by atoms with E-state index in [1.165, 1.54) is 6.26 Å². The fraction of sp³-hybridized carbons (Fsp3) is 0.278. The molecule has 0 fully saturated rings. The lowest BCUT2D eigenvalue weighted by atomic mass is 10.1. The highest BCUT2D eigenvalue weighted by molar-refractivity contribution is 5.91. The van der Waals surface area contributed by atoms with Crippen LogP contribution in [0, 0.1) is 0 Å². The third-order valence-electron chi connectivity index (χ3n) is 3.62. The van der Waals surface area contributed by atoms with E-state index in [1.807, 2.05) is 24.3 Å². The standard InChI is InChI=1S/C18H19N3O4/c1-12(22)5-8-20-18(23)15-10-25-17(21-15)11-24-16-4-2-3-13-9-19-7-6-14(13)16/h2-4,6-7,9-10,12,22H,5,8,11H2,1H3,(H,20,23)/t12-/m0/s1. The molecule has 1 amide bonds. The molecule has 2 heterocycles. The van der Waals surface area contributed by atoms with Crippen molar-refractivity contribution in [1.29, 1.82) is 0 Å². The van der Waals surface area contributed by atoms with Crippen LogP contribution in [0.1, 0.15) is 29.7 Å². The molecule has 0 bridgehead atoms. The molecular weight excluding hydrogens is 322 g/mol. The number of fused-ring (bicyclic) bond motifs is 1. The van der Waals surface area contributed by atoms with E-state index in [1.54, 1.807) is 19.3 Å². The van der Waals surface area contributed by atoms with Crippen LogP contribution in [0.15, 0.2) is 47.3 Å². The van der Waals surface area contributed by atoms with Crippen LogP contribution in [0.2, 0.25) is 0 Å². The van der Waals surface area contributed by atoms with E-state index in [0.717, 1.165) is 10.8 Å². The van der Waals surface area contributed by atoms with Gasteiger partial charge >= 0.3 is 0 Å². The molecule has 3 aromatic rings. The van der Waals surface area contributed by atoms with Crippen molar-refractivity contribution >= 4 is 16.7 Å². The lowest BCUT2D eigenvalue weighted by Gasteiger charge is -2.07. The number of aliphatic hydroxyl groups is 1. The molecule has 2 N–H and O–H groups in total. The summed E-state index contributed by atoms with van der Waals surface area (Å²) in [7, 11) is 0. The number of carbonyl (C=O) groups is 1. The monoisotopic (exact) mass is 341 g/mol. The number of oxazole rings is 1. The van der Waals surface area contributed by atoms with Crippen molar-refractivity contribution in [2.45, 2.75) is 26.1 Å². The first kappa shape index (κ1) is 16.9. The van der Waals surface area contributed by atoms with Crippen molar-refractivity contribution in [2.24, 2.45) is 0 Å². The Kier molecular flexibility index (Phi) is 5.25. The molecule has 1 aromatic carbocycles. The predicted octanol–water partition coefficient (Wildman–Crippen LogP) is 2.30. The Bertz CT molecular complexity index is 855. The van der Waals surface area contributed by atoms with E-state index < -0.39 is 6.10 Å². The lowest BCUT2D eigenvalue weighted by molar-refractivity contribution is 0.0940. The number of carbonyl (C=O) groups excluding carboxylic acids is 1. The quantitative estimate of drug-likeness (QED) is 0.684. The number of aliphatic hydroxyl groups excluding tert-OH is 1. The van der Waals surface area contributed by atoms with Gasteiger partial charge in [0.25, 0.3) is 5.91 Å². The zero-order chi connectivity index (χ0) is 17.6. The normalized spacial score (nSPS) is 12.1. The fourth-order valence-electron chi connectivity index (χ4n) is 2.32. The Balaban J connectivity index is 1.61. The van der Waals surface area contributed by atoms with Gasteiger partial charge in [0.1, 0.15) is 12.0 Å². The topological polar surface area (TPSA) is 97.5 Å². The van der Waals surface area contributed by atoms with Gasteiger partial charge in [-0.1, -0.05) is 12.1 Å². The fourth-order valence-corrected chi connectivity index (χ4v) is 2.32. The van der Waals surface area contributed by atoms with E-state index in [4.69, 9.17) is 9.15 Å². The maximum absolute atomic E-state index is 11.9. The molecule has 0 saturated carbocycles. The maximum Gasteiger partial charge on any atom is 0.273 e. The summed E-state index contributed by atoms with van der Waals surface area (Å²) < 4.78 is 11.1. The molecule has 0 unspecified atom stereocenters. The molecule has 2 aromatic heterocycles. The summed E-state index contributed by atoms with van der Waals surface area (Å²) in [5.74, 6) is 0.666.